The Kier molecular flexibility index (Phi) is 62.1. The fourth-order valence-corrected chi connectivity index (χ4v) is 7.77. The van der Waals surface area contributed by atoms with E-state index in [1.54, 1.807) is 0 Å². The zero-order valence-corrected chi connectivity index (χ0v) is 43.1. The molecule has 0 aromatic heterocycles. The molecule has 0 unspecified atom stereocenters. The van der Waals surface area contributed by atoms with Gasteiger partial charge in [0.25, 0.3) is 0 Å². The summed E-state index contributed by atoms with van der Waals surface area (Å²) in [6, 6.07) is 0. The van der Waals surface area contributed by atoms with Crippen LogP contribution in [0.2, 0.25) is 0 Å². The Balaban J connectivity index is -0.000000396. The molecule has 7 heteroatoms. The van der Waals surface area contributed by atoms with Crippen LogP contribution in [0.1, 0.15) is 311 Å². The van der Waals surface area contributed by atoms with Gasteiger partial charge in [-0.05, 0) is 56.3 Å². The molecule has 6 nitrogen and oxygen atoms in total. The minimum absolute atomic E-state index is 0. The number of hydrogen-bond acceptors (Lipinski definition) is 6. The van der Waals surface area contributed by atoms with E-state index < -0.39 is 17.9 Å². The van der Waals surface area contributed by atoms with Gasteiger partial charge in [-0.1, -0.05) is 273 Å². The van der Waals surface area contributed by atoms with Gasteiger partial charge in [-0.3, -0.25) is 0 Å². The first-order valence-electron chi connectivity index (χ1n) is 26.5. The molecule has 0 heterocycles. The van der Waals surface area contributed by atoms with E-state index in [0.29, 0.717) is 0 Å². The molecule has 0 aromatic carbocycles. The van der Waals surface area contributed by atoms with Gasteiger partial charge >= 0.3 is 17.4 Å². The Morgan fingerprint density at radius 3 is 0.475 bits per heavy atom. The normalized spacial score (nSPS) is 11.0. The molecule has 0 aliphatic carbocycles. The van der Waals surface area contributed by atoms with E-state index in [1.165, 1.54) is 212 Å². The second-order valence-electron chi connectivity index (χ2n) is 19.6. The number of aliphatic carboxylic acids is 3. The molecular weight excluding hydrogens is 772 g/mol. The van der Waals surface area contributed by atoms with Crippen molar-refractivity contribution in [2.45, 2.75) is 311 Å². The zero-order valence-electron chi connectivity index (χ0n) is 42.0. The molecule has 0 spiro atoms. The van der Waals surface area contributed by atoms with E-state index in [9.17, 15) is 29.7 Å². The van der Waals surface area contributed by atoms with E-state index in [4.69, 9.17) is 0 Å². The van der Waals surface area contributed by atoms with Crippen molar-refractivity contribution in [2.24, 2.45) is 17.8 Å². The summed E-state index contributed by atoms with van der Waals surface area (Å²) in [5, 5.41) is 30.7. The molecule has 0 rings (SSSR count). The van der Waals surface area contributed by atoms with Gasteiger partial charge in [0, 0.05) is 17.9 Å². The second kappa shape index (κ2) is 57.0. The fraction of sp³-hybridized carbons (Fsp3) is 0.944. The molecule has 360 valence electrons. The van der Waals surface area contributed by atoms with Gasteiger partial charge < -0.3 is 29.7 Å². The topological polar surface area (TPSA) is 120 Å². The molecule has 0 saturated carbocycles. The number of carboxylic acids is 3. The molecule has 0 fully saturated rings. The summed E-state index contributed by atoms with van der Waals surface area (Å²) in [6.45, 7) is 13.8. The SMILES string of the molecule is CC(C)CCCCCCCCCCCCCCC(=O)[O-].CC(C)CCCCCCCCCCCCCCC(=O)[O-].CC(C)CCCCCCCCCCCCCCC(=O)[O-].[Al+3]. The Hall–Kier alpha value is -1.06. The molecule has 0 N–H and O–H groups in total. The van der Waals surface area contributed by atoms with Gasteiger partial charge in [0.05, 0.1) is 0 Å². The molecule has 0 atom stereocenters. The van der Waals surface area contributed by atoms with Crippen molar-refractivity contribution in [3.8, 4) is 0 Å². The van der Waals surface area contributed by atoms with Crippen LogP contribution in [0.3, 0.4) is 0 Å². The maximum absolute atomic E-state index is 10.2. The first kappa shape index (κ1) is 66.5. The number of rotatable bonds is 45. The second-order valence-corrected chi connectivity index (χ2v) is 19.6. The zero-order chi connectivity index (χ0) is 45.2. The molecule has 0 bridgehead atoms. The van der Waals surface area contributed by atoms with E-state index in [2.05, 4.69) is 41.5 Å². The van der Waals surface area contributed by atoms with E-state index in [1.807, 2.05) is 0 Å². The average Bonchev–Trinajstić information content (AvgIpc) is 3.18. The summed E-state index contributed by atoms with van der Waals surface area (Å²) in [5.74, 6) is -0.125. The maximum atomic E-state index is 10.2. The smallest absolute Gasteiger partial charge is 0.550 e. The average molecular weight is 877 g/mol. The van der Waals surface area contributed by atoms with E-state index in [0.717, 1.165) is 56.3 Å². The van der Waals surface area contributed by atoms with Gasteiger partial charge in [-0.2, -0.15) is 0 Å². The van der Waals surface area contributed by atoms with Crippen LogP contribution in [0.25, 0.3) is 0 Å². The van der Waals surface area contributed by atoms with Crippen molar-refractivity contribution >= 4 is 35.3 Å². The third-order valence-corrected chi connectivity index (χ3v) is 11.7. The minimum atomic E-state index is -0.904. The first-order chi connectivity index (χ1) is 28.9. The monoisotopic (exact) mass is 877 g/mol. The summed E-state index contributed by atoms with van der Waals surface area (Å²) in [7, 11) is 0. The van der Waals surface area contributed by atoms with Gasteiger partial charge in [-0.25, -0.2) is 0 Å². The third-order valence-electron chi connectivity index (χ3n) is 11.7. The van der Waals surface area contributed by atoms with Gasteiger partial charge in [-0.15, -0.1) is 0 Å². The fourth-order valence-electron chi connectivity index (χ4n) is 7.77. The van der Waals surface area contributed by atoms with Crippen LogP contribution in [-0.4, -0.2) is 35.3 Å². The van der Waals surface area contributed by atoms with Crippen LogP contribution in [-0.2, 0) is 14.4 Å². The number of carbonyl (C=O) groups excluding carboxylic acids is 3. The summed E-state index contributed by atoms with van der Waals surface area (Å²) in [5.41, 5.74) is 0. The van der Waals surface area contributed by atoms with Gasteiger partial charge in [0.2, 0.25) is 0 Å². The number of unbranched alkanes of at least 4 members (excludes halogenated alkanes) is 33. The van der Waals surface area contributed by atoms with Crippen molar-refractivity contribution in [1.82, 2.24) is 0 Å². The first-order valence-corrected chi connectivity index (χ1v) is 26.5. The van der Waals surface area contributed by atoms with E-state index in [-0.39, 0.29) is 36.6 Å². The summed E-state index contributed by atoms with van der Waals surface area (Å²) < 4.78 is 0. The standard InChI is InChI=1S/3C18H36O2.Al/c3*1-17(2)15-13-11-9-7-5-3-4-6-8-10-12-14-16-18(19)20;/h3*17H,3-16H2,1-2H3,(H,19,20);/q;;;+3/p-3. The molecule has 61 heavy (non-hydrogen) atoms. The summed E-state index contributed by atoms with van der Waals surface area (Å²) >= 11 is 0. The predicted octanol–water partition coefficient (Wildman–Crippen LogP) is 14.2. The molecule has 0 amide bonds. The molecule has 0 saturated heterocycles. The van der Waals surface area contributed by atoms with Crippen LogP contribution in [0.5, 0.6) is 0 Å². The van der Waals surface area contributed by atoms with Crippen LogP contribution in [0.15, 0.2) is 0 Å². The number of carboxylic acid groups (broad SMARTS) is 3. The summed E-state index contributed by atoms with van der Waals surface area (Å²) in [6.07, 6.45) is 51.0. The minimum Gasteiger partial charge on any atom is -0.550 e. The molecular formula is C54H105AlO6. The molecule has 0 aliphatic heterocycles. The van der Waals surface area contributed by atoms with Crippen molar-refractivity contribution in [3.63, 3.8) is 0 Å². The van der Waals surface area contributed by atoms with Gasteiger partial charge in [0.15, 0.2) is 0 Å². The van der Waals surface area contributed by atoms with Gasteiger partial charge in [0.1, 0.15) is 0 Å². The van der Waals surface area contributed by atoms with Crippen molar-refractivity contribution in [2.75, 3.05) is 0 Å². The number of carbonyl (C=O) groups is 3. The Labute approximate surface area is 392 Å². The Morgan fingerprint density at radius 2 is 0.361 bits per heavy atom. The molecule has 0 radical (unpaired) electrons. The molecule has 0 aromatic rings. The van der Waals surface area contributed by atoms with Crippen LogP contribution >= 0.6 is 0 Å². The van der Waals surface area contributed by atoms with E-state index >= 15 is 0 Å². The van der Waals surface area contributed by atoms with Crippen molar-refractivity contribution in [3.05, 3.63) is 0 Å². The van der Waals surface area contributed by atoms with Crippen LogP contribution in [0.4, 0.5) is 0 Å². The quantitative estimate of drug-likeness (QED) is 0.0444. The predicted molar refractivity (Wildman–Crippen MR) is 259 cm³/mol. The largest absolute Gasteiger partial charge is 3.00 e. The van der Waals surface area contributed by atoms with Crippen molar-refractivity contribution in [1.29, 1.82) is 0 Å². The number of hydrogen-bond donors (Lipinski definition) is 0. The third kappa shape index (κ3) is 76.6. The van der Waals surface area contributed by atoms with Crippen LogP contribution in [0, 0.1) is 17.8 Å². The van der Waals surface area contributed by atoms with Crippen LogP contribution < -0.4 is 15.3 Å². The maximum Gasteiger partial charge on any atom is 3.00 e. The summed E-state index contributed by atoms with van der Waals surface area (Å²) in [4.78, 5) is 30.7. The Bertz CT molecular complexity index is 751. The molecule has 0 aliphatic rings. The Morgan fingerprint density at radius 1 is 0.246 bits per heavy atom. The van der Waals surface area contributed by atoms with Crippen molar-refractivity contribution < 1.29 is 29.7 Å².